The van der Waals surface area contributed by atoms with Crippen molar-refractivity contribution < 1.29 is 0 Å². The van der Waals surface area contributed by atoms with Crippen molar-refractivity contribution in [2.45, 2.75) is 0 Å². The Morgan fingerprint density at radius 2 is 1.00 bits per heavy atom. The number of para-hydroxylation sites is 2. The first-order valence-electron chi connectivity index (χ1n) is 17.0. The Labute approximate surface area is 294 Å². The summed E-state index contributed by atoms with van der Waals surface area (Å²) in [5.74, 6) is 0. The van der Waals surface area contributed by atoms with Crippen molar-refractivity contribution in [1.29, 1.82) is 0 Å². The molecule has 0 aliphatic rings. The predicted molar refractivity (Wildman–Crippen MR) is 213 cm³/mol. The Morgan fingerprint density at radius 3 is 1.84 bits per heavy atom. The van der Waals surface area contributed by atoms with E-state index in [1.165, 1.54) is 53.1 Å². The van der Waals surface area contributed by atoms with Gasteiger partial charge in [-0.3, -0.25) is 0 Å². The third kappa shape index (κ3) is 4.74. The van der Waals surface area contributed by atoms with Gasteiger partial charge in [0.2, 0.25) is 0 Å². The standard InChI is InChI=1S/C47H30N2S/c1-3-12-31(13-4-1)32-22-24-33(25-23-32)42-28-35(29-43(48-42)41-19-11-18-40-39-17-8-10-21-46(39)50-47(40)41)34-26-27-38-37-16-7-9-20-44(37)49(45(38)30-34)36-14-5-2-6-15-36/h1-30H. The van der Waals surface area contributed by atoms with Crippen LogP contribution in [0.3, 0.4) is 0 Å². The second-order valence-electron chi connectivity index (χ2n) is 12.8. The summed E-state index contributed by atoms with van der Waals surface area (Å²) in [7, 11) is 0. The number of benzene rings is 7. The third-order valence-corrected chi connectivity index (χ3v) is 11.0. The predicted octanol–water partition coefficient (Wildman–Crippen LogP) is 13.2. The van der Waals surface area contributed by atoms with Crippen LogP contribution in [0.1, 0.15) is 0 Å². The van der Waals surface area contributed by atoms with Gasteiger partial charge in [-0.1, -0.05) is 140 Å². The highest BCUT2D eigenvalue weighted by Crippen LogP contribution is 2.42. The summed E-state index contributed by atoms with van der Waals surface area (Å²) >= 11 is 1.85. The maximum atomic E-state index is 5.39. The lowest BCUT2D eigenvalue weighted by molar-refractivity contribution is 1.18. The molecule has 0 N–H and O–H groups in total. The van der Waals surface area contributed by atoms with E-state index in [-0.39, 0.29) is 0 Å². The summed E-state index contributed by atoms with van der Waals surface area (Å²) in [5.41, 5.74) is 12.4. The molecule has 0 radical (unpaired) electrons. The minimum atomic E-state index is 0.957. The molecule has 3 heteroatoms. The van der Waals surface area contributed by atoms with Crippen LogP contribution in [0.15, 0.2) is 182 Å². The number of hydrogen-bond donors (Lipinski definition) is 0. The molecule has 3 heterocycles. The zero-order valence-corrected chi connectivity index (χ0v) is 27.9. The maximum absolute atomic E-state index is 5.39. The lowest BCUT2D eigenvalue weighted by Gasteiger charge is -2.13. The van der Waals surface area contributed by atoms with Gasteiger partial charge < -0.3 is 4.57 Å². The van der Waals surface area contributed by atoms with E-state index in [4.69, 9.17) is 4.98 Å². The highest BCUT2D eigenvalue weighted by Gasteiger charge is 2.17. The monoisotopic (exact) mass is 654 g/mol. The second kappa shape index (κ2) is 11.7. The van der Waals surface area contributed by atoms with E-state index in [0.29, 0.717) is 0 Å². The fraction of sp³-hybridized carbons (Fsp3) is 0. The Bertz CT molecular complexity index is 2850. The normalized spacial score (nSPS) is 11.6. The quantitative estimate of drug-likeness (QED) is 0.181. The van der Waals surface area contributed by atoms with Crippen molar-refractivity contribution in [3.8, 4) is 50.5 Å². The first kappa shape index (κ1) is 28.7. The molecule has 0 aliphatic heterocycles. The van der Waals surface area contributed by atoms with Crippen LogP contribution in [0.2, 0.25) is 0 Å². The second-order valence-corrected chi connectivity index (χ2v) is 13.8. The summed E-state index contributed by atoms with van der Waals surface area (Å²) < 4.78 is 4.95. The molecule has 0 bridgehead atoms. The van der Waals surface area contributed by atoms with Crippen LogP contribution in [0.25, 0.3) is 92.4 Å². The zero-order chi connectivity index (χ0) is 33.0. The minimum absolute atomic E-state index is 0.957. The molecule has 50 heavy (non-hydrogen) atoms. The molecule has 0 spiro atoms. The molecule has 0 saturated carbocycles. The molecule has 0 amide bonds. The SMILES string of the molecule is c1ccc(-c2ccc(-c3cc(-c4ccc5c6ccccc6n(-c6ccccc6)c5c4)cc(-c4cccc5c4sc4ccccc45)n3)cc2)cc1. The van der Waals surface area contributed by atoms with Crippen molar-refractivity contribution in [1.82, 2.24) is 9.55 Å². The van der Waals surface area contributed by atoms with E-state index < -0.39 is 0 Å². The van der Waals surface area contributed by atoms with E-state index in [1.54, 1.807) is 0 Å². The van der Waals surface area contributed by atoms with Gasteiger partial charge in [-0.2, -0.15) is 0 Å². The number of pyridine rings is 1. The topological polar surface area (TPSA) is 17.8 Å². The molecule has 10 rings (SSSR count). The van der Waals surface area contributed by atoms with Gasteiger partial charge in [0.05, 0.1) is 22.4 Å². The molecule has 0 unspecified atom stereocenters. The van der Waals surface area contributed by atoms with Gasteiger partial charge in [0.25, 0.3) is 0 Å². The van der Waals surface area contributed by atoms with Crippen molar-refractivity contribution in [3.05, 3.63) is 182 Å². The van der Waals surface area contributed by atoms with Gasteiger partial charge in [-0.15, -0.1) is 11.3 Å². The van der Waals surface area contributed by atoms with Crippen LogP contribution >= 0.6 is 11.3 Å². The first-order chi connectivity index (χ1) is 24.8. The van der Waals surface area contributed by atoms with Gasteiger partial charge in [-0.05, 0) is 64.7 Å². The molecule has 3 aromatic heterocycles. The van der Waals surface area contributed by atoms with Crippen LogP contribution < -0.4 is 0 Å². The maximum Gasteiger partial charge on any atom is 0.0730 e. The first-order valence-corrected chi connectivity index (χ1v) is 17.8. The van der Waals surface area contributed by atoms with Gasteiger partial charge >= 0.3 is 0 Å². The van der Waals surface area contributed by atoms with Crippen molar-refractivity contribution >= 4 is 53.3 Å². The van der Waals surface area contributed by atoms with Crippen molar-refractivity contribution in [2.24, 2.45) is 0 Å². The van der Waals surface area contributed by atoms with Gasteiger partial charge in [0, 0.05) is 47.8 Å². The van der Waals surface area contributed by atoms with Crippen molar-refractivity contribution in [3.63, 3.8) is 0 Å². The average molecular weight is 655 g/mol. The minimum Gasteiger partial charge on any atom is -0.309 e. The largest absolute Gasteiger partial charge is 0.309 e. The Balaban J connectivity index is 1.20. The molecule has 0 aliphatic carbocycles. The molecule has 10 aromatic rings. The van der Waals surface area contributed by atoms with Crippen LogP contribution in [0, 0.1) is 0 Å². The molecule has 7 aromatic carbocycles. The smallest absolute Gasteiger partial charge is 0.0730 e. The van der Waals surface area contributed by atoms with Crippen LogP contribution in [0.5, 0.6) is 0 Å². The summed E-state index contributed by atoms with van der Waals surface area (Å²) in [6, 6.07) is 65.5. The fourth-order valence-corrected chi connectivity index (χ4v) is 8.63. The molecule has 0 saturated heterocycles. The number of rotatable bonds is 5. The molecular formula is C47H30N2S. The number of hydrogen-bond acceptors (Lipinski definition) is 2. The molecular weight excluding hydrogens is 625 g/mol. The molecule has 2 nitrogen and oxygen atoms in total. The number of thiophene rings is 1. The highest BCUT2D eigenvalue weighted by molar-refractivity contribution is 7.26. The van der Waals surface area contributed by atoms with E-state index in [1.807, 2.05) is 11.3 Å². The summed E-state index contributed by atoms with van der Waals surface area (Å²) in [6.07, 6.45) is 0. The molecule has 234 valence electrons. The summed E-state index contributed by atoms with van der Waals surface area (Å²) in [5, 5.41) is 5.07. The van der Waals surface area contributed by atoms with E-state index in [0.717, 1.165) is 39.3 Å². The number of aromatic nitrogens is 2. The Hall–Kier alpha value is -6.29. The molecule has 0 atom stereocenters. The van der Waals surface area contributed by atoms with Gasteiger partial charge in [0.15, 0.2) is 0 Å². The number of fused-ring (bicyclic) bond motifs is 6. The average Bonchev–Trinajstić information content (AvgIpc) is 3.74. The lowest BCUT2D eigenvalue weighted by Crippen LogP contribution is -1.94. The Kier molecular flexibility index (Phi) is 6.71. The van der Waals surface area contributed by atoms with Crippen LogP contribution in [-0.4, -0.2) is 9.55 Å². The van der Waals surface area contributed by atoms with Gasteiger partial charge in [0.1, 0.15) is 0 Å². The fourth-order valence-electron chi connectivity index (χ4n) is 7.40. The van der Waals surface area contributed by atoms with E-state index >= 15 is 0 Å². The van der Waals surface area contributed by atoms with E-state index in [9.17, 15) is 0 Å². The highest BCUT2D eigenvalue weighted by atomic mass is 32.1. The Morgan fingerprint density at radius 1 is 0.380 bits per heavy atom. The molecule has 0 fully saturated rings. The number of nitrogens with zero attached hydrogens (tertiary/aromatic N) is 2. The van der Waals surface area contributed by atoms with Gasteiger partial charge in [-0.25, -0.2) is 4.98 Å². The van der Waals surface area contributed by atoms with Crippen LogP contribution in [-0.2, 0) is 0 Å². The lowest BCUT2D eigenvalue weighted by atomic mass is 9.97. The summed E-state index contributed by atoms with van der Waals surface area (Å²) in [6.45, 7) is 0. The van der Waals surface area contributed by atoms with E-state index in [2.05, 4.69) is 187 Å². The summed E-state index contributed by atoms with van der Waals surface area (Å²) in [4.78, 5) is 5.39. The zero-order valence-electron chi connectivity index (χ0n) is 27.1. The van der Waals surface area contributed by atoms with Crippen molar-refractivity contribution in [2.75, 3.05) is 0 Å². The third-order valence-electron chi connectivity index (χ3n) is 9.81. The van der Waals surface area contributed by atoms with Crippen LogP contribution in [0.4, 0.5) is 0 Å².